The van der Waals surface area contributed by atoms with Crippen molar-refractivity contribution >= 4 is 6.09 Å². The lowest BCUT2D eigenvalue weighted by molar-refractivity contribution is -0.0178. The molecule has 1 N–H and O–H groups in total. The normalized spacial score (nSPS) is 20.9. The van der Waals surface area contributed by atoms with Gasteiger partial charge in [-0.2, -0.15) is 5.48 Å². The van der Waals surface area contributed by atoms with E-state index in [1.165, 1.54) is 6.42 Å². The molecule has 1 amide bonds. The molecule has 0 aliphatic carbocycles. The molecule has 0 radical (unpaired) electrons. The lowest BCUT2D eigenvalue weighted by atomic mass is 10.0. The molecule has 1 heterocycles. The van der Waals surface area contributed by atoms with E-state index in [1.54, 1.807) is 7.11 Å². The average Bonchev–Trinajstić information content (AvgIpc) is 2.67. The van der Waals surface area contributed by atoms with E-state index in [-0.39, 0.29) is 18.2 Å². The molecular weight excluding hydrogens is 296 g/mol. The fourth-order valence-corrected chi connectivity index (χ4v) is 2.77. The predicted octanol–water partition coefficient (Wildman–Crippen LogP) is 3.11. The lowest BCUT2D eigenvalue weighted by Crippen LogP contribution is -2.45. The minimum atomic E-state index is -0.457. The highest BCUT2D eigenvalue weighted by molar-refractivity contribution is 5.68. The fraction of sp³-hybridized carbons (Fsp3) is 0.941. The van der Waals surface area contributed by atoms with Crippen molar-refractivity contribution in [2.24, 2.45) is 0 Å². The third-order valence-corrected chi connectivity index (χ3v) is 3.80. The van der Waals surface area contributed by atoms with Gasteiger partial charge in [0.2, 0.25) is 0 Å². The first-order chi connectivity index (χ1) is 10.8. The zero-order chi connectivity index (χ0) is 17.3. The van der Waals surface area contributed by atoms with Gasteiger partial charge in [0, 0.05) is 25.7 Å². The summed E-state index contributed by atoms with van der Waals surface area (Å²) in [5.74, 6) is 0. The molecule has 0 aromatic rings. The van der Waals surface area contributed by atoms with Crippen LogP contribution in [0.3, 0.4) is 0 Å². The largest absolute Gasteiger partial charge is 0.444 e. The highest BCUT2D eigenvalue weighted by atomic mass is 16.7. The maximum atomic E-state index is 12.5. The van der Waals surface area contributed by atoms with Crippen LogP contribution < -0.4 is 5.48 Å². The van der Waals surface area contributed by atoms with Crippen molar-refractivity contribution in [3.8, 4) is 0 Å². The molecular formula is C17H34N2O4. The Bertz CT molecular complexity index is 344. The summed E-state index contributed by atoms with van der Waals surface area (Å²) in [6, 6.07) is 0.362. The van der Waals surface area contributed by atoms with E-state index >= 15 is 0 Å². The van der Waals surface area contributed by atoms with Crippen LogP contribution in [-0.2, 0) is 14.3 Å². The van der Waals surface area contributed by atoms with E-state index in [1.807, 2.05) is 25.7 Å². The van der Waals surface area contributed by atoms with Gasteiger partial charge in [0.15, 0.2) is 0 Å². The number of hydrogen-bond donors (Lipinski definition) is 1. The summed E-state index contributed by atoms with van der Waals surface area (Å²) >= 11 is 0. The molecule has 1 fully saturated rings. The van der Waals surface area contributed by atoms with E-state index in [9.17, 15) is 4.79 Å². The molecule has 1 aliphatic rings. The standard InChI is InChI=1S/C17H34N2O4/c1-14(18-22-12-11-21-5)13-15-9-7-6-8-10-19(15)16(20)23-17(2,3)4/h14-15,18H,6-13H2,1-5H3. The van der Waals surface area contributed by atoms with Crippen molar-refractivity contribution in [3.05, 3.63) is 0 Å². The van der Waals surface area contributed by atoms with Crippen LogP contribution in [-0.4, -0.2) is 55.5 Å². The molecule has 6 nitrogen and oxygen atoms in total. The summed E-state index contributed by atoms with van der Waals surface area (Å²) < 4.78 is 10.5. The number of ether oxygens (including phenoxy) is 2. The molecule has 1 rings (SSSR count). The first-order valence-electron chi connectivity index (χ1n) is 8.69. The number of amides is 1. The molecule has 23 heavy (non-hydrogen) atoms. The topological polar surface area (TPSA) is 60.0 Å². The van der Waals surface area contributed by atoms with E-state index in [0.717, 1.165) is 32.2 Å². The van der Waals surface area contributed by atoms with Crippen LogP contribution in [0, 0.1) is 0 Å². The van der Waals surface area contributed by atoms with Gasteiger partial charge in [0.05, 0.1) is 13.2 Å². The number of carbonyl (C=O) groups is 1. The Labute approximate surface area is 140 Å². The van der Waals surface area contributed by atoms with Crippen LogP contribution in [0.25, 0.3) is 0 Å². The molecule has 0 saturated carbocycles. The Kier molecular flexibility index (Phi) is 8.87. The summed E-state index contributed by atoms with van der Waals surface area (Å²) in [4.78, 5) is 19.8. The highest BCUT2D eigenvalue weighted by Gasteiger charge is 2.30. The molecule has 0 aromatic heterocycles. The zero-order valence-electron chi connectivity index (χ0n) is 15.4. The van der Waals surface area contributed by atoms with Gasteiger partial charge in [-0.1, -0.05) is 12.8 Å². The van der Waals surface area contributed by atoms with Gasteiger partial charge in [-0.15, -0.1) is 0 Å². The number of nitrogens with one attached hydrogen (secondary N) is 1. The fourth-order valence-electron chi connectivity index (χ4n) is 2.77. The van der Waals surface area contributed by atoms with Gasteiger partial charge >= 0.3 is 6.09 Å². The van der Waals surface area contributed by atoms with Crippen LogP contribution >= 0.6 is 0 Å². The van der Waals surface area contributed by atoms with Gasteiger partial charge in [0.25, 0.3) is 0 Å². The number of methoxy groups -OCH3 is 1. The number of hydroxylamine groups is 1. The third kappa shape index (κ3) is 8.53. The van der Waals surface area contributed by atoms with Gasteiger partial charge in [-0.3, -0.25) is 4.84 Å². The Morgan fingerprint density at radius 2 is 2.00 bits per heavy atom. The number of rotatable bonds is 7. The second-order valence-corrected chi connectivity index (χ2v) is 7.27. The molecule has 0 aromatic carbocycles. The monoisotopic (exact) mass is 330 g/mol. The van der Waals surface area contributed by atoms with E-state index in [2.05, 4.69) is 12.4 Å². The van der Waals surface area contributed by atoms with Crippen LogP contribution in [0.4, 0.5) is 4.79 Å². The second kappa shape index (κ2) is 10.1. The maximum absolute atomic E-state index is 12.5. The molecule has 2 atom stereocenters. The first-order valence-corrected chi connectivity index (χ1v) is 8.69. The van der Waals surface area contributed by atoms with E-state index < -0.39 is 5.60 Å². The molecule has 1 saturated heterocycles. The molecule has 0 spiro atoms. The SMILES string of the molecule is COCCONC(C)CC1CCCCCN1C(=O)OC(C)(C)C. The van der Waals surface area contributed by atoms with Crippen molar-refractivity contribution in [1.29, 1.82) is 0 Å². The van der Waals surface area contributed by atoms with Gasteiger partial charge in [-0.25, -0.2) is 4.79 Å². The van der Waals surface area contributed by atoms with Crippen molar-refractivity contribution in [3.63, 3.8) is 0 Å². The summed E-state index contributed by atoms with van der Waals surface area (Å²) in [6.07, 6.45) is 5.04. The van der Waals surface area contributed by atoms with Gasteiger partial charge in [0.1, 0.15) is 5.60 Å². The maximum Gasteiger partial charge on any atom is 0.410 e. The van der Waals surface area contributed by atoms with Crippen LogP contribution in [0.5, 0.6) is 0 Å². The number of nitrogens with zero attached hydrogens (tertiary/aromatic N) is 1. The van der Waals surface area contributed by atoms with Crippen molar-refractivity contribution in [2.45, 2.75) is 77.5 Å². The van der Waals surface area contributed by atoms with Crippen LogP contribution in [0.2, 0.25) is 0 Å². The third-order valence-electron chi connectivity index (χ3n) is 3.80. The number of hydrogen-bond acceptors (Lipinski definition) is 5. The van der Waals surface area contributed by atoms with Gasteiger partial charge in [-0.05, 0) is 47.0 Å². The van der Waals surface area contributed by atoms with Crippen LogP contribution in [0.1, 0.15) is 59.8 Å². The van der Waals surface area contributed by atoms with Crippen molar-refractivity contribution < 1.29 is 19.1 Å². The second-order valence-electron chi connectivity index (χ2n) is 7.27. The smallest absolute Gasteiger partial charge is 0.410 e. The quantitative estimate of drug-likeness (QED) is 0.574. The van der Waals surface area contributed by atoms with Gasteiger partial charge < -0.3 is 14.4 Å². The van der Waals surface area contributed by atoms with Crippen molar-refractivity contribution in [2.75, 3.05) is 26.9 Å². The highest BCUT2D eigenvalue weighted by Crippen LogP contribution is 2.23. The Balaban J connectivity index is 2.54. The summed E-state index contributed by atoms with van der Waals surface area (Å²) in [5.41, 5.74) is 2.58. The minimum absolute atomic E-state index is 0.167. The zero-order valence-corrected chi connectivity index (χ0v) is 15.4. The Hall–Kier alpha value is -0.850. The van der Waals surface area contributed by atoms with E-state index in [0.29, 0.717) is 13.2 Å². The number of carbonyl (C=O) groups excluding carboxylic acids is 1. The molecule has 136 valence electrons. The molecule has 1 aliphatic heterocycles. The molecule has 6 heteroatoms. The number of likely N-dealkylation sites (tertiary alicyclic amines) is 1. The summed E-state index contributed by atoms with van der Waals surface area (Å²) in [7, 11) is 1.65. The molecule has 2 unspecified atom stereocenters. The predicted molar refractivity (Wildman–Crippen MR) is 90.2 cm³/mol. The van der Waals surface area contributed by atoms with Crippen molar-refractivity contribution in [1.82, 2.24) is 10.4 Å². The molecule has 0 bridgehead atoms. The Morgan fingerprint density at radius 3 is 2.65 bits per heavy atom. The summed E-state index contributed by atoms with van der Waals surface area (Å²) in [5, 5.41) is 0. The average molecular weight is 330 g/mol. The van der Waals surface area contributed by atoms with E-state index in [4.69, 9.17) is 14.3 Å². The summed E-state index contributed by atoms with van der Waals surface area (Å²) in [6.45, 7) is 9.65. The minimum Gasteiger partial charge on any atom is -0.444 e. The first kappa shape index (κ1) is 20.2. The Morgan fingerprint density at radius 1 is 1.26 bits per heavy atom. The lowest BCUT2D eigenvalue weighted by Gasteiger charge is -2.33. The van der Waals surface area contributed by atoms with Crippen LogP contribution in [0.15, 0.2) is 0 Å².